The Morgan fingerprint density at radius 2 is 2.14 bits per heavy atom. The van der Waals surface area contributed by atoms with Crippen molar-refractivity contribution in [2.24, 2.45) is 0 Å². The standard InChI is InChI=1S/C15H25N3O3/c1-3-8-21-14-12(16)4-5-13(17-14)18(2)11-15(19)6-9-20-10-7-15/h4-5,19H,3,6-11,16H2,1-2H3. The SMILES string of the molecule is CCCOc1nc(N(C)CC2(O)CCOCC2)ccc1N. The number of likely N-dealkylation sites (N-methyl/N-ethyl adjacent to an activating group) is 1. The van der Waals surface area contributed by atoms with Gasteiger partial charge in [0.15, 0.2) is 0 Å². The second kappa shape index (κ2) is 6.95. The van der Waals surface area contributed by atoms with E-state index in [4.69, 9.17) is 15.2 Å². The van der Waals surface area contributed by atoms with E-state index < -0.39 is 5.60 Å². The highest BCUT2D eigenvalue weighted by Gasteiger charge is 2.31. The van der Waals surface area contributed by atoms with Crippen molar-refractivity contribution in [1.29, 1.82) is 0 Å². The number of nitrogen functional groups attached to an aromatic ring is 1. The van der Waals surface area contributed by atoms with Gasteiger partial charge in [0.2, 0.25) is 5.88 Å². The minimum absolute atomic E-state index is 0.458. The van der Waals surface area contributed by atoms with Crippen molar-refractivity contribution < 1.29 is 14.6 Å². The monoisotopic (exact) mass is 295 g/mol. The number of nitrogens with two attached hydrogens (primary N) is 1. The average Bonchev–Trinajstić information content (AvgIpc) is 2.46. The molecule has 0 atom stereocenters. The lowest BCUT2D eigenvalue weighted by atomic mass is 9.94. The predicted octanol–water partition coefficient (Wildman–Crippen LogP) is 1.43. The van der Waals surface area contributed by atoms with Gasteiger partial charge >= 0.3 is 0 Å². The molecule has 2 heterocycles. The third kappa shape index (κ3) is 4.22. The zero-order valence-corrected chi connectivity index (χ0v) is 12.8. The number of aromatic nitrogens is 1. The van der Waals surface area contributed by atoms with Crippen molar-refractivity contribution in [3.63, 3.8) is 0 Å². The van der Waals surface area contributed by atoms with Gasteiger partial charge < -0.3 is 25.2 Å². The number of ether oxygens (including phenoxy) is 2. The van der Waals surface area contributed by atoms with E-state index in [1.165, 1.54) is 0 Å². The molecule has 6 heteroatoms. The minimum atomic E-state index is -0.722. The summed E-state index contributed by atoms with van der Waals surface area (Å²) in [6.07, 6.45) is 2.19. The summed E-state index contributed by atoms with van der Waals surface area (Å²) < 4.78 is 10.8. The van der Waals surface area contributed by atoms with Crippen LogP contribution in [0, 0.1) is 0 Å². The Hall–Kier alpha value is -1.53. The largest absolute Gasteiger partial charge is 0.476 e. The molecule has 0 amide bonds. The fraction of sp³-hybridized carbons (Fsp3) is 0.667. The maximum Gasteiger partial charge on any atom is 0.239 e. The molecule has 0 saturated carbocycles. The van der Waals surface area contributed by atoms with Crippen LogP contribution in [0.2, 0.25) is 0 Å². The van der Waals surface area contributed by atoms with Crippen LogP contribution in [-0.2, 0) is 4.74 Å². The van der Waals surface area contributed by atoms with E-state index in [0.717, 1.165) is 12.2 Å². The summed E-state index contributed by atoms with van der Waals surface area (Å²) in [6, 6.07) is 3.63. The molecule has 1 aliphatic rings. The predicted molar refractivity (Wildman–Crippen MR) is 82.7 cm³/mol. The van der Waals surface area contributed by atoms with Crippen molar-refractivity contribution in [3.05, 3.63) is 12.1 Å². The molecule has 118 valence electrons. The van der Waals surface area contributed by atoms with Gasteiger partial charge in [-0.3, -0.25) is 0 Å². The Morgan fingerprint density at radius 1 is 1.43 bits per heavy atom. The molecule has 0 aliphatic carbocycles. The van der Waals surface area contributed by atoms with Crippen molar-refractivity contribution >= 4 is 11.5 Å². The van der Waals surface area contributed by atoms with Crippen molar-refractivity contribution in [1.82, 2.24) is 4.98 Å². The molecule has 0 unspecified atom stereocenters. The van der Waals surface area contributed by atoms with Gasteiger partial charge in [0, 0.05) is 39.6 Å². The van der Waals surface area contributed by atoms with E-state index >= 15 is 0 Å². The Kier molecular flexibility index (Phi) is 5.25. The van der Waals surface area contributed by atoms with Gasteiger partial charge in [0.1, 0.15) is 5.82 Å². The third-order valence-corrected chi connectivity index (χ3v) is 3.66. The molecule has 1 aromatic heterocycles. The lowest BCUT2D eigenvalue weighted by molar-refractivity contribution is -0.0573. The smallest absolute Gasteiger partial charge is 0.239 e. The first-order valence-electron chi connectivity index (χ1n) is 7.45. The van der Waals surface area contributed by atoms with Crippen LogP contribution in [0.3, 0.4) is 0 Å². The molecular weight excluding hydrogens is 270 g/mol. The summed E-state index contributed by atoms with van der Waals surface area (Å²) in [4.78, 5) is 6.38. The van der Waals surface area contributed by atoms with E-state index in [1.807, 2.05) is 24.9 Å². The summed E-state index contributed by atoms with van der Waals surface area (Å²) in [7, 11) is 1.91. The molecule has 0 bridgehead atoms. The second-order valence-corrected chi connectivity index (χ2v) is 5.61. The number of pyridine rings is 1. The molecule has 1 saturated heterocycles. The van der Waals surface area contributed by atoms with Crippen LogP contribution in [-0.4, -0.2) is 49.1 Å². The van der Waals surface area contributed by atoms with Gasteiger partial charge in [-0.25, -0.2) is 0 Å². The molecule has 3 N–H and O–H groups in total. The lowest BCUT2D eigenvalue weighted by Crippen LogP contribution is -2.46. The topological polar surface area (TPSA) is 80.8 Å². The first kappa shape index (κ1) is 15.9. The molecule has 0 radical (unpaired) electrons. The molecule has 1 aromatic rings. The molecule has 1 fully saturated rings. The Morgan fingerprint density at radius 3 is 2.81 bits per heavy atom. The average molecular weight is 295 g/mol. The van der Waals surface area contributed by atoms with Crippen molar-refractivity contribution in [2.75, 3.05) is 44.0 Å². The summed E-state index contributed by atoms with van der Waals surface area (Å²) >= 11 is 0. The van der Waals surface area contributed by atoms with Crippen LogP contribution in [0.4, 0.5) is 11.5 Å². The lowest BCUT2D eigenvalue weighted by Gasteiger charge is -2.35. The van der Waals surface area contributed by atoms with E-state index in [2.05, 4.69) is 4.98 Å². The molecule has 0 aromatic carbocycles. The number of hydrogen-bond donors (Lipinski definition) is 2. The van der Waals surface area contributed by atoms with Crippen LogP contribution in [0.1, 0.15) is 26.2 Å². The van der Waals surface area contributed by atoms with Gasteiger partial charge in [0.05, 0.1) is 17.9 Å². The Labute approximate surface area is 125 Å². The highest BCUT2D eigenvalue weighted by molar-refractivity contribution is 5.54. The number of aliphatic hydroxyl groups is 1. The van der Waals surface area contributed by atoms with E-state index in [-0.39, 0.29) is 0 Å². The second-order valence-electron chi connectivity index (χ2n) is 5.61. The molecule has 0 spiro atoms. The maximum atomic E-state index is 10.6. The number of hydrogen-bond acceptors (Lipinski definition) is 6. The van der Waals surface area contributed by atoms with E-state index in [1.54, 1.807) is 6.07 Å². The van der Waals surface area contributed by atoms with E-state index in [0.29, 0.717) is 50.8 Å². The normalized spacial score (nSPS) is 17.5. The highest BCUT2D eigenvalue weighted by atomic mass is 16.5. The Bertz CT molecular complexity index is 461. The van der Waals surface area contributed by atoms with Gasteiger partial charge in [-0.15, -0.1) is 0 Å². The van der Waals surface area contributed by atoms with Gasteiger partial charge in [-0.2, -0.15) is 4.98 Å². The molecule has 6 nitrogen and oxygen atoms in total. The fourth-order valence-corrected chi connectivity index (χ4v) is 2.40. The van der Waals surface area contributed by atoms with Crippen LogP contribution >= 0.6 is 0 Å². The van der Waals surface area contributed by atoms with Gasteiger partial charge in [0.25, 0.3) is 0 Å². The number of anilines is 2. The molecule has 1 aliphatic heterocycles. The third-order valence-electron chi connectivity index (χ3n) is 3.66. The highest BCUT2D eigenvalue weighted by Crippen LogP contribution is 2.26. The molecular formula is C15H25N3O3. The van der Waals surface area contributed by atoms with Gasteiger partial charge in [-0.1, -0.05) is 6.92 Å². The first-order valence-corrected chi connectivity index (χ1v) is 7.45. The minimum Gasteiger partial charge on any atom is -0.476 e. The quantitative estimate of drug-likeness (QED) is 0.826. The maximum absolute atomic E-state index is 10.6. The molecule has 2 rings (SSSR count). The van der Waals surface area contributed by atoms with Crippen molar-refractivity contribution in [2.45, 2.75) is 31.8 Å². The fourth-order valence-electron chi connectivity index (χ4n) is 2.40. The van der Waals surface area contributed by atoms with Crippen LogP contribution in [0.5, 0.6) is 5.88 Å². The zero-order valence-electron chi connectivity index (χ0n) is 12.8. The van der Waals surface area contributed by atoms with Gasteiger partial charge in [-0.05, 0) is 18.6 Å². The zero-order chi connectivity index (χ0) is 15.3. The number of rotatable bonds is 6. The van der Waals surface area contributed by atoms with Crippen molar-refractivity contribution in [3.8, 4) is 5.88 Å². The van der Waals surface area contributed by atoms with Crippen LogP contribution in [0.15, 0.2) is 12.1 Å². The Balaban J connectivity index is 2.06. The number of nitrogens with zero attached hydrogens (tertiary/aromatic N) is 2. The van der Waals surface area contributed by atoms with Crippen LogP contribution in [0.25, 0.3) is 0 Å². The molecule has 21 heavy (non-hydrogen) atoms. The summed E-state index contributed by atoms with van der Waals surface area (Å²) in [6.45, 7) is 4.34. The summed E-state index contributed by atoms with van der Waals surface area (Å²) in [5.41, 5.74) is 5.68. The first-order chi connectivity index (χ1) is 10.0. The summed E-state index contributed by atoms with van der Waals surface area (Å²) in [5, 5.41) is 10.6. The van der Waals surface area contributed by atoms with Crippen LogP contribution < -0.4 is 15.4 Å². The summed E-state index contributed by atoms with van der Waals surface area (Å²) in [5.74, 6) is 1.20. The van der Waals surface area contributed by atoms with E-state index in [9.17, 15) is 5.11 Å².